The molecule has 3 aliphatic rings. The number of hydrogen-bond acceptors (Lipinski definition) is 3. The minimum absolute atomic E-state index is 0.248. The second kappa shape index (κ2) is 7.26. The van der Waals surface area contributed by atoms with Crippen molar-refractivity contribution in [3.8, 4) is 0 Å². The van der Waals surface area contributed by atoms with Crippen molar-refractivity contribution < 1.29 is 4.79 Å². The molecule has 1 atom stereocenters. The van der Waals surface area contributed by atoms with Crippen molar-refractivity contribution in [3.05, 3.63) is 18.0 Å². The predicted octanol–water partition coefficient (Wildman–Crippen LogP) is 2.77. The number of aromatic amines is 1. The van der Waals surface area contributed by atoms with Crippen LogP contribution in [0.4, 0.5) is 0 Å². The second-order valence-electron chi connectivity index (χ2n) is 7.90. The molecular weight excluding hydrogens is 300 g/mol. The zero-order chi connectivity index (χ0) is 16.4. The molecule has 2 aliphatic heterocycles. The number of nitrogens with one attached hydrogen (secondary N) is 1. The second-order valence-corrected chi connectivity index (χ2v) is 7.90. The van der Waals surface area contributed by atoms with Gasteiger partial charge in [-0.3, -0.25) is 14.8 Å². The van der Waals surface area contributed by atoms with E-state index in [9.17, 15) is 4.79 Å². The number of amides is 1. The summed E-state index contributed by atoms with van der Waals surface area (Å²) in [5, 5.41) is 6.96. The van der Waals surface area contributed by atoms with Crippen LogP contribution in [0.2, 0.25) is 0 Å². The fourth-order valence-corrected chi connectivity index (χ4v) is 4.94. The van der Waals surface area contributed by atoms with Crippen molar-refractivity contribution in [1.82, 2.24) is 20.0 Å². The van der Waals surface area contributed by atoms with E-state index < -0.39 is 0 Å². The first-order chi connectivity index (χ1) is 11.8. The average molecular weight is 330 g/mol. The normalized spacial score (nSPS) is 27.7. The van der Waals surface area contributed by atoms with Gasteiger partial charge in [0.1, 0.15) is 0 Å². The third-order valence-corrected chi connectivity index (χ3v) is 6.46. The van der Waals surface area contributed by atoms with E-state index >= 15 is 0 Å². The Bertz CT molecular complexity index is 530. The largest absolute Gasteiger partial charge is 0.342 e. The maximum Gasteiger partial charge on any atom is 0.227 e. The molecule has 0 aromatic carbocycles. The number of piperidine rings is 1. The molecular formula is C19H30N4O. The highest BCUT2D eigenvalue weighted by atomic mass is 16.2. The topological polar surface area (TPSA) is 52.2 Å². The van der Waals surface area contributed by atoms with Gasteiger partial charge in [0, 0.05) is 31.9 Å². The summed E-state index contributed by atoms with van der Waals surface area (Å²) in [6.07, 6.45) is 14.0. The Kier molecular flexibility index (Phi) is 4.88. The molecule has 1 aliphatic carbocycles. The average Bonchev–Trinajstić information content (AvgIpc) is 3.34. The molecule has 0 bridgehead atoms. The number of carbonyl (C=O) groups excluding carboxylic acids is 1. The first-order valence-corrected chi connectivity index (χ1v) is 9.83. The van der Waals surface area contributed by atoms with E-state index in [2.05, 4.69) is 20.0 Å². The van der Waals surface area contributed by atoms with Crippen LogP contribution in [0.25, 0.3) is 0 Å². The number of nitrogens with zero attached hydrogens (tertiary/aromatic N) is 3. The molecule has 0 spiro atoms. The monoisotopic (exact) mass is 330 g/mol. The van der Waals surface area contributed by atoms with Crippen molar-refractivity contribution in [2.24, 2.45) is 5.92 Å². The van der Waals surface area contributed by atoms with E-state index in [0.717, 1.165) is 51.5 Å². The van der Waals surface area contributed by atoms with Gasteiger partial charge in [0.05, 0.1) is 12.1 Å². The molecule has 1 amide bonds. The predicted molar refractivity (Wildman–Crippen MR) is 93.7 cm³/mol. The van der Waals surface area contributed by atoms with Gasteiger partial charge in [-0.2, -0.15) is 5.10 Å². The Labute approximate surface area is 144 Å². The third kappa shape index (κ3) is 3.37. The summed E-state index contributed by atoms with van der Waals surface area (Å²) in [5.41, 5.74) is 1.30. The van der Waals surface area contributed by atoms with Crippen LogP contribution in [-0.4, -0.2) is 58.1 Å². The van der Waals surface area contributed by atoms with Crippen LogP contribution in [0.3, 0.4) is 0 Å². The molecule has 1 N–H and O–H groups in total. The van der Waals surface area contributed by atoms with E-state index in [1.807, 2.05) is 12.4 Å². The lowest BCUT2D eigenvalue weighted by Crippen LogP contribution is -2.43. The van der Waals surface area contributed by atoms with Crippen molar-refractivity contribution >= 4 is 5.91 Å². The molecule has 0 radical (unpaired) electrons. The molecule has 1 aromatic heterocycles. The van der Waals surface area contributed by atoms with Crippen LogP contribution >= 0.6 is 0 Å². The molecule has 1 unspecified atom stereocenters. The van der Waals surface area contributed by atoms with Gasteiger partial charge >= 0.3 is 0 Å². The summed E-state index contributed by atoms with van der Waals surface area (Å²) in [6.45, 7) is 3.96. The molecule has 1 aromatic rings. The van der Waals surface area contributed by atoms with Gasteiger partial charge in [-0.1, -0.05) is 19.3 Å². The van der Waals surface area contributed by atoms with Crippen molar-refractivity contribution in [3.63, 3.8) is 0 Å². The van der Waals surface area contributed by atoms with E-state index in [1.54, 1.807) is 0 Å². The van der Waals surface area contributed by atoms with Crippen LogP contribution in [0.1, 0.15) is 62.8 Å². The zero-order valence-electron chi connectivity index (χ0n) is 14.6. The van der Waals surface area contributed by atoms with Crippen molar-refractivity contribution in [2.75, 3.05) is 26.2 Å². The Hall–Kier alpha value is -1.36. The highest BCUT2D eigenvalue weighted by Gasteiger charge is 2.36. The molecule has 4 rings (SSSR count). The molecule has 132 valence electrons. The smallest absolute Gasteiger partial charge is 0.227 e. The molecule has 3 fully saturated rings. The number of likely N-dealkylation sites (tertiary alicyclic amines) is 2. The zero-order valence-corrected chi connectivity index (χ0v) is 14.6. The molecule has 5 heteroatoms. The number of carbonyl (C=O) groups is 1. The summed E-state index contributed by atoms with van der Waals surface area (Å²) in [4.78, 5) is 17.6. The maximum atomic E-state index is 12.9. The summed E-state index contributed by atoms with van der Waals surface area (Å²) in [7, 11) is 0. The van der Waals surface area contributed by atoms with Gasteiger partial charge in [-0.25, -0.2) is 0 Å². The van der Waals surface area contributed by atoms with Gasteiger partial charge in [0.2, 0.25) is 5.91 Å². The summed E-state index contributed by atoms with van der Waals surface area (Å²) in [5.74, 6) is 1.23. The number of hydrogen-bond donors (Lipinski definition) is 1. The van der Waals surface area contributed by atoms with Crippen molar-refractivity contribution in [1.29, 1.82) is 0 Å². The van der Waals surface area contributed by atoms with Crippen LogP contribution in [0.15, 0.2) is 12.4 Å². The van der Waals surface area contributed by atoms with Gasteiger partial charge in [0.25, 0.3) is 0 Å². The van der Waals surface area contributed by atoms with Gasteiger partial charge in [-0.15, -0.1) is 0 Å². The van der Waals surface area contributed by atoms with Crippen LogP contribution in [0, 0.1) is 5.92 Å². The molecule has 24 heavy (non-hydrogen) atoms. The Balaban J connectivity index is 1.27. The minimum atomic E-state index is 0.248. The first-order valence-electron chi connectivity index (χ1n) is 9.83. The SMILES string of the molecule is O=C(C1CCN(C2CCCCC2)C1)N1CCC(c2cn[nH]c2)CC1. The quantitative estimate of drug-likeness (QED) is 0.927. The molecule has 5 nitrogen and oxygen atoms in total. The summed E-state index contributed by atoms with van der Waals surface area (Å²) in [6, 6.07) is 0.753. The first kappa shape index (κ1) is 16.1. The van der Waals surface area contributed by atoms with E-state index in [4.69, 9.17) is 0 Å². The highest BCUT2D eigenvalue weighted by molar-refractivity contribution is 5.79. The van der Waals surface area contributed by atoms with E-state index in [-0.39, 0.29) is 5.92 Å². The number of H-pyrrole nitrogens is 1. The Morgan fingerprint density at radius 3 is 2.54 bits per heavy atom. The lowest BCUT2D eigenvalue weighted by molar-refractivity contribution is -0.136. The lowest BCUT2D eigenvalue weighted by atomic mass is 9.91. The number of rotatable bonds is 3. The van der Waals surface area contributed by atoms with Gasteiger partial charge in [-0.05, 0) is 50.1 Å². The third-order valence-electron chi connectivity index (χ3n) is 6.46. The standard InChI is InChI=1S/C19H30N4O/c24-19(16-8-11-23(14-16)18-4-2-1-3-5-18)22-9-6-15(7-10-22)17-12-20-21-13-17/h12-13,15-16,18H,1-11,14H2,(H,20,21). The Morgan fingerprint density at radius 1 is 1.04 bits per heavy atom. The van der Waals surface area contributed by atoms with Crippen LogP contribution < -0.4 is 0 Å². The fourth-order valence-electron chi connectivity index (χ4n) is 4.94. The van der Waals surface area contributed by atoms with Crippen LogP contribution in [0.5, 0.6) is 0 Å². The molecule has 1 saturated carbocycles. The summed E-state index contributed by atoms with van der Waals surface area (Å²) < 4.78 is 0. The molecule has 2 saturated heterocycles. The maximum absolute atomic E-state index is 12.9. The highest BCUT2D eigenvalue weighted by Crippen LogP contribution is 2.31. The molecule has 3 heterocycles. The minimum Gasteiger partial charge on any atom is -0.342 e. The van der Waals surface area contributed by atoms with E-state index in [0.29, 0.717) is 11.8 Å². The Morgan fingerprint density at radius 2 is 1.83 bits per heavy atom. The van der Waals surface area contributed by atoms with E-state index in [1.165, 1.54) is 37.7 Å². The number of aromatic nitrogens is 2. The lowest BCUT2D eigenvalue weighted by Gasteiger charge is -2.34. The van der Waals surface area contributed by atoms with Gasteiger partial charge in [0.15, 0.2) is 0 Å². The van der Waals surface area contributed by atoms with Crippen LogP contribution in [-0.2, 0) is 4.79 Å². The van der Waals surface area contributed by atoms with Crippen molar-refractivity contribution in [2.45, 2.75) is 63.3 Å². The van der Waals surface area contributed by atoms with Gasteiger partial charge < -0.3 is 4.90 Å². The summed E-state index contributed by atoms with van der Waals surface area (Å²) >= 11 is 0. The fraction of sp³-hybridized carbons (Fsp3) is 0.789.